The third kappa shape index (κ3) is 6.27. The number of anilines is 1. The van der Waals surface area contributed by atoms with Crippen LogP contribution in [-0.4, -0.2) is 69.2 Å². The predicted molar refractivity (Wildman–Crippen MR) is 107 cm³/mol. The van der Waals surface area contributed by atoms with Crippen LogP contribution < -0.4 is 20.1 Å². The molecule has 0 radical (unpaired) electrons. The molecule has 0 spiro atoms. The highest BCUT2D eigenvalue weighted by atomic mass is 16.5. The largest absolute Gasteiger partial charge is 0.497 e. The second-order valence-corrected chi connectivity index (χ2v) is 7.09. The molecule has 160 valence electrons. The third-order valence-corrected chi connectivity index (χ3v) is 4.43. The van der Waals surface area contributed by atoms with Gasteiger partial charge in [-0.15, -0.1) is 0 Å². The zero-order valence-electron chi connectivity index (χ0n) is 17.3. The van der Waals surface area contributed by atoms with E-state index in [1.54, 1.807) is 25.3 Å². The Labute approximate surface area is 170 Å². The molecular formula is C20H29N3O6. The molecule has 0 aromatic heterocycles. The average molecular weight is 407 g/mol. The molecule has 1 saturated heterocycles. The van der Waals surface area contributed by atoms with Crippen molar-refractivity contribution in [2.24, 2.45) is 5.92 Å². The maximum atomic E-state index is 12.8. The van der Waals surface area contributed by atoms with Crippen molar-refractivity contribution in [3.05, 3.63) is 18.2 Å². The SMILES string of the molecule is COc1ccc(OC)c(NCC(=O)N2CCNC(=O)C2CC(=O)OCC(C)C)c1. The number of methoxy groups -OCH3 is 2. The molecule has 2 N–H and O–H groups in total. The summed E-state index contributed by atoms with van der Waals surface area (Å²) in [7, 11) is 3.08. The Morgan fingerprint density at radius 3 is 2.69 bits per heavy atom. The van der Waals surface area contributed by atoms with Crippen molar-refractivity contribution in [2.45, 2.75) is 26.3 Å². The molecule has 29 heavy (non-hydrogen) atoms. The quantitative estimate of drug-likeness (QED) is 0.589. The normalized spacial score (nSPS) is 16.2. The lowest BCUT2D eigenvalue weighted by atomic mass is 10.1. The highest BCUT2D eigenvalue weighted by Gasteiger charge is 2.35. The van der Waals surface area contributed by atoms with Crippen LogP contribution in [0.15, 0.2) is 18.2 Å². The first-order valence-corrected chi connectivity index (χ1v) is 9.54. The number of esters is 1. The first-order chi connectivity index (χ1) is 13.8. The van der Waals surface area contributed by atoms with Crippen molar-refractivity contribution in [1.82, 2.24) is 10.2 Å². The summed E-state index contributed by atoms with van der Waals surface area (Å²) < 4.78 is 15.7. The van der Waals surface area contributed by atoms with E-state index < -0.39 is 12.0 Å². The Hall–Kier alpha value is -2.97. The van der Waals surface area contributed by atoms with E-state index in [1.165, 1.54) is 12.0 Å². The Morgan fingerprint density at radius 1 is 1.28 bits per heavy atom. The summed E-state index contributed by atoms with van der Waals surface area (Å²) >= 11 is 0. The monoisotopic (exact) mass is 407 g/mol. The lowest BCUT2D eigenvalue weighted by Gasteiger charge is -2.34. The second kappa shape index (κ2) is 10.5. The Morgan fingerprint density at radius 2 is 2.03 bits per heavy atom. The number of piperazine rings is 1. The number of carbonyl (C=O) groups excluding carboxylic acids is 3. The van der Waals surface area contributed by atoms with E-state index in [1.807, 2.05) is 13.8 Å². The van der Waals surface area contributed by atoms with Crippen LogP contribution in [0.5, 0.6) is 11.5 Å². The van der Waals surface area contributed by atoms with Gasteiger partial charge in [-0.2, -0.15) is 0 Å². The number of hydrogen-bond acceptors (Lipinski definition) is 7. The van der Waals surface area contributed by atoms with E-state index in [0.717, 1.165) is 0 Å². The molecule has 0 bridgehead atoms. The number of nitrogens with one attached hydrogen (secondary N) is 2. The van der Waals surface area contributed by atoms with Gasteiger partial charge in [0, 0.05) is 19.2 Å². The summed E-state index contributed by atoms with van der Waals surface area (Å²) in [5.41, 5.74) is 0.592. The number of nitrogens with zero attached hydrogens (tertiary/aromatic N) is 1. The van der Waals surface area contributed by atoms with Crippen molar-refractivity contribution in [2.75, 3.05) is 45.8 Å². The van der Waals surface area contributed by atoms with Crippen LogP contribution in [0.1, 0.15) is 20.3 Å². The molecule has 1 aliphatic rings. The van der Waals surface area contributed by atoms with Gasteiger partial charge in [-0.1, -0.05) is 13.8 Å². The summed E-state index contributed by atoms with van der Waals surface area (Å²) in [5.74, 6) is 0.212. The Bertz CT molecular complexity index is 737. The lowest BCUT2D eigenvalue weighted by molar-refractivity contribution is -0.152. The summed E-state index contributed by atoms with van der Waals surface area (Å²) in [4.78, 5) is 38.5. The standard InChI is InChI=1S/C20H29N3O6/c1-13(2)12-29-19(25)10-16-20(26)21-7-8-23(16)18(24)11-22-15-9-14(27-3)5-6-17(15)28-4/h5-6,9,13,16,22H,7-8,10-12H2,1-4H3,(H,21,26). The average Bonchev–Trinajstić information content (AvgIpc) is 2.71. The molecule has 1 fully saturated rings. The Kier molecular flexibility index (Phi) is 8.11. The van der Waals surface area contributed by atoms with E-state index in [2.05, 4.69) is 10.6 Å². The molecule has 9 nitrogen and oxygen atoms in total. The van der Waals surface area contributed by atoms with Crippen molar-refractivity contribution in [3.63, 3.8) is 0 Å². The van der Waals surface area contributed by atoms with Gasteiger partial charge in [0.15, 0.2) is 0 Å². The van der Waals surface area contributed by atoms with Crippen molar-refractivity contribution >= 4 is 23.5 Å². The van der Waals surface area contributed by atoms with Crippen LogP contribution >= 0.6 is 0 Å². The van der Waals surface area contributed by atoms with Gasteiger partial charge < -0.3 is 29.7 Å². The van der Waals surface area contributed by atoms with Crippen molar-refractivity contribution in [3.8, 4) is 11.5 Å². The first-order valence-electron chi connectivity index (χ1n) is 9.54. The van der Waals surface area contributed by atoms with E-state index in [9.17, 15) is 14.4 Å². The fourth-order valence-corrected chi connectivity index (χ4v) is 2.92. The van der Waals surface area contributed by atoms with Gasteiger partial charge in [-0.3, -0.25) is 14.4 Å². The van der Waals surface area contributed by atoms with Gasteiger partial charge in [-0.25, -0.2) is 0 Å². The minimum atomic E-state index is -0.884. The number of carbonyl (C=O) groups is 3. The molecule has 1 unspecified atom stereocenters. The maximum Gasteiger partial charge on any atom is 0.308 e. The van der Waals surface area contributed by atoms with Gasteiger partial charge in [0.05, 0.1) is 39.5 Å². The van der Waals surface area contributed by atoms with Crippen molar-refractivity contribution in [1.29, 1.82) is 0 Å². The molecule has 1 aliphatic heterocycles. The number of rotatable bonds is 9. The van der Waals surface area contributed by atoms with E-state index >= 15 is 0 Å². The van der Waals surface area contributed by atoms with Crippen LogP contribution in [0.25, 0.3) is 0 Å². The van der Waals surface area contributed by atoms with Crippen LogP contribution in [0, 0.1) is 5.92 Å². The van der Waals surface area contributed by atoms with Crippen LogP contribution in [0.4, 0.5) is 5.69 Å². The summed E-state index contributed by atoms with van der Waals surface area (Å²) in [6.07, 6.45) is -0.174. The minimum Gasteiger partial charge on any atom is -0.497 e. The first kappa shape index (κ1) is 22.3. The Balaban J connectivity index is 2.03. The third-order valence-electron chi connectivity index (χ3n) is 4.43. The molecule has 1 aromatic carbocycles. The van der Waals surface area contributed by atoms with Crippen LogP contribution in [-0.2, 0) is 19.1 Å². The van der Waals surface area contributed by atoms with Crippen LogP contribution in [0.3, 0.4) is 0 Å². The van der Waals surface area contributed by atoms with Crippen molar-refractivity contribution < 1.29 is 28.6 Å². The highest BCUT2D eigenvalue weighted by molar-refractivity contribution is 5.93. The van der Waals surface area contributed by atoms with Gasteiger partial charge in [0.25, 0.3) is 0 Å². The molecule has 9 heteroatoms. The molecule has 1 heterocycles. The zero-order chi connectivity index (χ0) is 21.4. The fraction of sp³-hybridized carbons (Fsp3) is 0.550. The highest BCUT2D eigenvalue weighted by Crippen LogP contribution is 2.28. The number of benzene rings is 1. The minimum absolute atomic E-state index is 0.0612. The summed E-state index contributed by atoms with van der Waals surface area (Å²) in [5, 5.41) is 5.72. The maximum absolute atomic E-state index is 12.8. The summed E-state index contributed by atoms with van der Waals surface area (Å²) in [6.45, 7) is 4.73. The molecular weight excluding hydrogens is 378 g/mol. The topological polar surface area (TPSA) is 106 Å². The number of hydrogen-bond donors (Lipinski definition) is 2. The molecule has 0 aliphatic carbocycles. The van der Waals surface area contributed by atoms with E-state index in [-0.39, 0.29) is 37.3 Å². The number of ether oxygens (including phenoxy) is 3. The lowest BCUT2D eigenvalue weighted by Crippen LogP contribution is -2.58. The van der Waals surface area contributed by atoms with Crippen LogP contribution in [0.2, 0.25) is 0 Å². The summed E-state index contributed by atoms with van der Waals surface area (Å²) in [6, 6.07) is 4.31. The number of amides is 2. The smallest absolute Gasteiger partial charge is 0.308 e. The van der Waals surface area contributed by atoms with E-state index in [4.69, 9.17) is 14.2 Å². The fourth-order valence-electron chi connectivity index (χ4n) is 2.92. The van der Waals surface area contributed by atoms with Gasteiger partial charge in [-0.05, 0) is 18.1 Å². The predicted octanol–water partition coefficient (Wildman–Crippen LogP) is 1.03. The van der Waals surface area contributed by atoms with Gasteiger partial charge in [0.2, 0.25) is 11.8 Å². The van der Waals surface area contributed by atoms with Gasteiger partial charge >= 0.3 is 5.97 Å². The van der Waals surface area contributed by atoms with E-state index in [0.29, 0.717) is 30.3 Å². The van der Waals surface area contributed by atoms with Gasteiger partial charge in [0.1, 0.15) is 17.5 Å². The molecule has 1 atom stereocenters. The molecule has 2 amide bonds. The molecule has 1 aromatic rings. The second-order valence-electron chi connectivity index (χ2n) is 7.09. The zero-order valence-corrected chi connectivity index (χ0v) is 17.3. The molecule has 2 rings (SSSR count). The molecule has 0 saturated carbocycles.